The lowest BCUT2D eigenvalue weighted by atomic mass is 9.82. The lowest BCUT2D eigenvalue weighted by molar-refractivity contribution is -0.132. The third-order valence-corrected chi connectivity index (χ3v) is 16.8. The van der Waals surface area contributed by atoms with Gasteiger partial charge in [0.15, 0.2) is 0 Å². The predicted octanol–water partition coefficient (Wildman–Crippen LogP) is 18.7. The summed E-state index contributed by atoms with van der Waals surface area (Å²) in [5.41, 5.74) is 18.8. The van der Waals surface area contributed by atoms with Gasteiger partial charge in [0.2, 0.25) is 0 Å². The van der Waals surface area contributed by atoms with Crippen LogP contribution in [-0.2, 0) is 16.6 Å². The molecule has 0 spiro atoms. The lowest BCUT2D eigenvalue weighted by Crippen LogP contribution is -2.16. The summed E-state index contributed by atoms with van der Waals surface area (Å²) in [4.78, 5) is 33.3. The highest BCUT2D eigenvalue weighted by Crippen LogP contribution is 2.51. The molecule has 1 aliphatic rings. The van der Waals surface area contributed by atoms with Crippen molar-refractivity contribution in [2.75, 3.05) is 4.90 Å². The normalized spacial score (nSPS) is 12.4. The second kappa shape index (κ2) is 21.6. The highest BCUT2D eigenvalue weighted by atomic mass is 32.1. The van der Waals surface area contributed by atoms with Gasteiger partial charge in [-0.05, 0) is 152 Å². The zero-order valence-corrected chi connectivity index (χ0v) is 46.6. The third kappa shape index (κ3) is 9.65. The SMILES string of the molecule is CCCc1c(-c2nc3ccc(-c4ccc(/C=C(/C#N)C(=O)O)o4)cc3s2)c(=O)oc2cc(N(c3ccc(-c4cccc(C(=C(c5ccccc5)c5ccccc5)c5ccccc5)c4)cc3)c3ccc4c(c3)C(C)(C)c3ccccc3-4)ccc12. The van der Waals surface area contributed by atoms with Crippen molar-refractivity contribution >= 4 is 72.8 Å². The van der Waals surface area contributed by atoms with Crippen molar-refractivity contribution in [2.24, 2.45) is 0 Å². The number of hydrogen-bond acceptors (Lipinski definition) is 8. The van der Waals surface area contributed by atoms with Crippen LogP contribution in [0.4, 0.5) is 17.1 Å². The molecule has 0 radical (unpaired) electrons. The first-order chi connectivity index (χ1) is 40.5. The van der Waals surface area contributed by atoms with Gasteiger partial charge in [-0.2, -0.15) is 5.26 Å². The second-order valence-electron chi connectivity index (χ2n) is 21.3. The molecule has 0 amide bonds. The van der Waals surface area contributed by atoms with Gasteiger partial charge in [0, 0.05) is 45.6 Å². The molecule has 0 fully saturated rings. The fraction of sp³-hybridized carbons (Fsp3) is 0.0811. The minimum Gasteiger partial charge on any atom is -0.477 e. The fourth-order valence-electron chi connectivity index (χ4n) is 11.8. The van der Waals surface area contributed by atoms with E-state index in [1.165, 1.54) is 39.7 Å². The quantitative estimate of drug-likeness (QED) is 0.0495. The molecule has 83 heavy (non-hydrogen) atoms. The summed E-state index contributed by atoms with van der Waals surface area (Å²) in [5, 5.41) is 20.0. The number of aromatic nitrogens is 1. The molecule has 9 aromatic carbocycles. The number of fused-ring (bicyclic) bond motifs is 5. The molecule has 13 rings (SSSR count). The molecule has 0 bridgehead atoms. The monoisotopic (exact) mass is 1100 g/mol. The van der Waals surface area contributed by atoms with E-state index in [-0.39, 0.29) is 11.2 Å². The molecule has 0 unspecified atom stereocenters. The van der Waals surface area contributed by atoms with Gasteiger partial charge in [-0.3, -0.25) is 0 Å². The van der Waals surface area contributed by atoms with Crippen LogP contribution in [0.2, 0.25) is 0 Å². The van der Waals surface area contributed by atoms with Crippen LogP contribution in [0.5, 0.6) is 0 Å². The van der Waals surface area contributed by atoms with Crippen molar-refractivity contribution in [2.45, 2.75) is 39.0 Å². The van der Waals surface area contributed by atoms with Crippen molar-refractivity contribution in [3.05, 3.63) is 291 Å². The minimum atomic E-state index is -1.33. The van der Waals surface area contributed by atoms with E-state index in [4.69, 9.17) is 13.8 Å². The number of anilines is 3. The van der Waals surface area contributed by atoms with Crippen LogP contribution >= 0.6 is 11.3 Å². The zero-order chi connectivity index (χ0) is 56.8. The molecule has 0 aliphatic heterocycles. The molecular weight excluding hydrogens is 1040 g/mol. The van der Waals surface area contributed by atoms with E-state index in [1.54, 1.807) is 18.2 Å². The van der Waals surface area contributed by atoms with E-state index in [0.717, 1.165) is 89.2 Å². The van der Waals surface area contributed by atoms with Gasteiger partial charge in [0.05, 0.1) is 15.8 Å². The Bertz CT molecular complexity index is 4620. The highest BCUT2D eigenvalue weighted by molar-refractivity contribution is 7.21. The Morgan fingerprint density at radius 2 is 1.23 bits per heavy atom. The Morgan fingerprint density at radius 1 is 0.614 bits per heavy atom. The Hall–Kier alpha value is -10.4. The zero-order valence-electron chi connectivity index (χ0n) is 45.8. The van der Waals surface area contributed by atoms with Crippen LogP contribution in [0.15, 0.2) is 250 Å². The summed E-state index contributed by atoms with van der Waals surface area (Å²) < 4.78 is 13.2. The third-order valence-electron chi connectivity index (χ3n) is 15.8. The molecule has 0 saturated heterocycles. The van der Waals surface area contributed by atoms with E-state index < -0.39 is 17.2 Å². The van der Waals surface area contributed by atoms with Crippen LogP contribution in [-0.4, -0.2) is 16.1 Å². The summed E-state index contributed by atoms with van der Waals surface area (Å²) in [5.74, 6) is -0.591. The maximum absolute atomic E-state index is 14.6. The van der Waals surface area contributed by atoms with Crippen molar-refractivity contribution in [1.29, 1.82) is 5.26 Å². The molecule has 8 nitrogen and oxygen atoms in total. The highest BCUT2D eigenvalue weighted by Gasteiger charge is 2.36. The molecule has 9 heteroatoms. The Morgan fingerprint density at radius 3 is 1.92 bits per heavy atom. The number of aryl methyl sites for hydroxylation is 1. The summed E-state index contributed by atoms with van der Waals surface area (Å²) >= 11 is 1.40. The number of rotatable bonds is 14. The molecule has 1 N–H and O–H groups in total. The maximum Gasteiger partial charge on any atom is 0.346 e. The van der Waals surface area contributed by atoms with Gasteiger partial charge in [-0.25, -0.2) is 14.6 Å². The maximum atomic E-state index is 14.6. The van der Waals surface area contributed by atoms with Gasteiger partial charge < -0.3 is 18.8 Å². The Labute approximate surface area is 484 Å². The number of carboxylic acids is 1. The number of thiazole rings is 1. The summed E-state index contributed by atoms with van der Waals surface area (Å²) in [6.45, 7) is 6.69. The van der Waals surface area contributed by atoms with Gasteiger partial charge in [-0.15, -0.1) is 11.3 Å². The number of aliphatic carboxylic acids is 1. The molecule has 12 aromatic rings. The van der Waals surface area contributed by atoms with Gasteiger partial charge in [-0.1, -0.05) is 179 Å². The average molecular weight is 1100 g/mol. The predicted molar refractivity (Wildman–Crippen MR) is 336 cm³/mol. The molecule has 3 heterocycles. The van der Waals surface area contributed by atoms with Crippen LogP contribution in [0.25, 0.3) is 82.6 Å². The van der Waals surface area contributed by atoms with Crippen LogP contribution in [0, 0.1) is 11.3 Å². The number of nitriles is 1. The standard InChI is InChI=1S/C74H53N3O5S/c1-4-17-61-60-37-34-56(44-66(60)82-73(80)70(61)71-76-64-38-30-51(42-67(64)83-71)65-39-35-57(81-65)41-53(45-75)72(78)79)77(55-33-36-59-58-26-14-15-27-62(58)74(2,3)63(59)43-55)54-31-28-46(29-32-54)50-24-16-25-52(40-50)69(49-22-12-7-13-23-49)68(47-18-8-5-9-19-47)48-20-10-6-11-21-48/h5-16,18-44H,4,17H2,1-3H3,(H,78,79)/b53-41-. The minimum absolute atomic E-state index is 0.243. The Kier molecular flexibility index (Phi) is 13.5. The van der Waals surface area contributed by atoms with Crippen molar-refractivity contribution in [3.63, 3.8) is 0 Å². The molecule has 400 valence electrons. The van der Waals surface area contributed by atoms with E-state index in [2.05, 4.69) is 220 Å². The van der Waals surface area contributed by atoms with Crippen LogP contribution in [0.3, 0.4) is 0 Å². The Balaban J connectivity index is 0.903. The van der Waals surface area contributed by atoms with Gasteiger partial charge >= 0.3 is 11.6 Å². The van der Waals surface area contributed by atoms with E-state index in [9.17, 15) is 20.0 Å². The van der Waals surface area contributed by atoms with Crippen molar-refractivity contribution in [3.8, 4) is 50.2 Å². The van der Waals surface area contributed by atoms with Crippen LogP contribution < -0.4 is 10.5 Å². The number of carboxylic acid groups (broad SMARTS) is 1. The average Bonchev–Trinajstić information content (AvgIpc) is 3.55. The molecular formula is C74H53N3O5S. The number of furan rings is 1. The molecule has 0 atom stereocenters. The number of carbonyl (C=O) groups is 1. The smallest absolute Gasteiger partial charge is 0.346 e. The first-order valence-corrected chi connectivity index (χ1v) is 28.5. The largest absolute Gasteiger partial charge is 0.477 e. The lowest BCUT2D eigenvalue weighted by Gasteiger charge is -2.28. The topological polar surface area (TPSA) is 121 Å². The fourth-order valence-corrected chi connectivity index (χ4v) is 12.9. The first-order valence-electron chi connectivity index (χ1n) is 27.7. The number of benzene rings is 9. The number of nitrogens with zero attached hydrogens (tertiary/aromatic N) is 3. The summed E-state index contributed by atoms with van der Waals surface area (Å²) in [6.07, 6.45) is 2.60. The van der Waals surface area contributed by atoms with E-state index in [0.29, 0.717) is 33.9 Å². The number of hydrogen-bond donors (Lipinski definition) is 1. The van der Waals surface area contributed by atoms with Crippen LogP contribution in [0.1, 0.15) is 71.9 Å². The molecule has 3 aromatic heterocycles. The second-order valence-corrected chi connectivity index (χ2v) is 22.3. The van der Waals surface area contributed by atoms with Crippen molar-refractivity contribution in [1.82, 2.24) is 4.98 Å². The summed E-state index contributed by atoms with van der Waals surface area (Å²) in [7, 11) is 0. The van der Waals surface area contributed by atoms with Gasteiger partial charge in [0.25, 0.3) is 0 Å². The van der Waals surface area contributed by atoms with Gasteiger partial charge in [0.1, 0.15) is 33.8 Å². The summed E-state index contributed by atoms with van der Waals surface area (Å²) in [6, 6.07) is 81.9. The van der Waals surface area contributed by atoms with E-state index >= 15 is 0 Å². The molecule has 0 saturated carbocycles. The van der Waals surface area contributed by atoms with E-state index in [1.807, 2.05) is 24.3 Å². The first kappa shape index (κ1) is 52.0. The molecule has 1 aliphatic carbocycles. The van der Waals surface area contributed by atoms with Crippen molar-refractivity contribution < 1.29 is 18.7 Å².